The number of amides is 1. The van der Waals surface area contributed by atoms with E-state index in [0.29, 0.717) is 23.8 Å². The van der Waals surface area contributed by atoms with Gasteiger partial charge in [0.05, 0.1) is 29.9 Å². The van der Waals surface area contributed by atoms with Gasteiger partial charge in [-0.25, -0.2) is 13.2 Å². The van der Waals surface area contributed by atoms with Crippen molar-refractivity contribution in [3.8, 4) is 11.5 Å². The summed E-state index contributed by atoms with van der Waals surface area (Å²) in [6, 6.07) is 18.6. The van der Waals surface area contributed by atoms with Gasteiger partial charge in [-0.15, -0.1) is 0 Å². The molecule has 3 aromatic carbocycles. The fourth-order valence-corrected chi connectivity index (χ4v) is 4.14. The van der Waals surface area contributed by atoms with Gasteiger partial charge in [-0.2, -0.15) is 0 Å². The predicted octanol–water partition coefficient (Wildman–Crippen LogP) is 4.08. The number of nitrogens with one attached hydrogen (secondary N) is 2. The minimum atomic E-state index is -4.00. The largest absolute Gasteiger partial charge is 0.497 e. The lowest BCUT2D eigenvalue weighted by atomic mass is 10.2. The predicted molar refractivity (Wildman–Crippen MR) is 131 cm³/mol. The van der Waals surface area contributed by atoms with E-state index in [9.17, 15) is 18.0 Å². The molecule has 1 atom stereocenters. The lowest BCUT2D eigenvalue weighted by molar-refractivity contribution is -0.123. The van der Waals surface area contributed by atoms with Gasteiger partial charge in [0.2, 0.25) is 0 Å². The second kappa shape index (κ2) is 11.4. The molecule has 9 nitrogen and oxygen atoms in total. The Labute approximate surface area is 204 Å². The maximum Gasteiger partial charge on any atom is 0.341 e. The second-order valence-electron chi connectivity index (χ2n) is 7.32. The molecule has 3 rings (SSSR count). The Morgan fingerprint density at radius 1 is 0.943 bits per heavy atom. The highest BCUT2D eigenvalue weighted by atomic mass is 32.2. The number of anilines is 2. The number of carbonyl (C=O) groups excluding carboxylic acids is 2. The highest BCUT2D eigenvalue weighted by molar-refractivity contribution is 7.92. The molecule has 0 heterocycles. The molecule has 0 fully saturated rings. The van der Waals surface area contributed by atoms with E-state index in [4.69, 9.17) is 14.2 Å². The second-order valence-corrected chi connectivity index (χ2v) is 9.01. The van der Waals surface area contributed by atoms with Crippen LogP contribution in [0.4, 0.5) is 11.4 Å². The first-order valence-electron chi connectivity index (χ1n) is 10.7. The van der Waals surface area contributed by atoms with Crippen LogP contribution in [0, 0.1) is 0 Å². The average Bonchev–Trinajstić information content (AvgIpc) is 2.84. The molecule has 10 heteroatoms. The monoisotopic (exact) mass is 498 g/mol. The van der Waals surface area contributed by atoms with Crippen molar-refractivity contribution >= 4 is 33.3 Å². The summed E-state index contributed by atoms with van der Waals surface area (Å²) in [5.41, 5.74) is 0.454. The Balaban J connectivity index is 1.71. The van der Waals surface area contributed by atoms with Crippen molar-refractivity contribution in [2.24, 2.45) is 0 Å². The van der Waals surface area contributed by atoms with Crippen molar-refractivity contribution in [1.29, 1.82) is 0 Å². The molecule has 0 aromatic heterocycles. The van der Waals surface area contributed by atoms with Crippen molar-refractivity contribution in [2.45, 2.75) is 24.8 Å². The SMILES string of the molecule is CCOc1ccc(S(=O)(=O)Nc2ccccc2C(=O)OC(C)C(=O)Nc2cccc(OC)c2)cc1. The lowest BCUT2D eigenvalue weighted by Gasteiger charge is -2.16. The number of para-hydroxylation sites is 1. The summed E-state index contributed by atoms with van der Waals surface area (Å²) in [6.45, 7) is 3.70. The van der Waals surface area contributed by atoms with E-state index in [2.05, 4.69) is 10.0 Å². The normalized spacial score (nSPS) is 11.7. The molecule has 0 radical (unpaired) electrons. The zero-order valence-electron chi connectivity index (χ0n) is 19.5. The zero-order chi connectivity index (χ0) is 25.4. The molecular weight excluding hydrogens is 472 g/mol. The van der Waals surface area contributed by atoms with Crippen LogP contribution in [0.2, 0.25) is 0 Å². The maximum atomic E-state index is 12.9. The average molecular weight is 499 g/mol. The van der Waals surface area contributed by atoms with E-state index < -0.39 is 28.0 Å². The van der Waals surface area contributed by atoms with Crippen LogP contribution >= 0.6 is 0 Å². The maximum absolute atomic E-state index is 12.9. The fourth-order valence-electron chi connectivity index (χ4n) is 3.06. The number of methoxy groups -OCH3 is 1. The van der Waals surface area contributed by atoms with Crippen LogP contribution in [0.25, 0.3) is 0 Å². The highest BCUT2D eigenvalue weighted by Gasteiger charge is 2.23. The van der Waals surface area contributed by atoms with Crippen LogP contribution in [0.5, 0.6) is 11.5 Å². The molecule has 0 saturated heterocycles. The highest BCUT2D eigenvalue weighted by Crippen LogP contribution is 2.23. The summed E-state index contributed by atoms with van der Waals surface area (Å²) in [4.78, 5) is 25.3. The molecule has 0 aliphatic rings. The Morgan fingerprint density at radius 3 is 2.34 bits per heavy atom. The van der Waals surface area contributed by atoms with Crippen LogP contribution in [0.1, 0.15) is 24.2 Å². The van der Waals surface area contributed by atoms with Gasteiger partial charge >= 0.3 is 5.97 Å². The van der Waals surface area contributed by atoms with E-state index in [0.717, 1.165) is 0 Å². The molecule has 0 aliphatic carbocycles. The number of esters is 1. The Hall–Kier alpha value is -4.05. The Kier molecular flexibility index (Phi) is 8.32. The number of hydrogen-bond donors (Lipinski definition) is 2. The first-order chi connectivity index (χ1) is 16.7. The van der Waals surface area contributed by atoms with E-state index in [-0.39, 0.29) is 16.1 Å². The number of hydrogen-bond acceptors (Lipinski definition) is 7. The summed E-state index contributed by atoms with van der Waals surface area (Å²) < 4.78 is 43.9. The topological polar surface area (TPSA) is 120 Å². The Morgan fingerprint density at radius 2 is 1.66 bits per heavy atom. The quantitative estimate of drug-likeness (QED) is 0.404. The van der Waals surface area contributed by atoms with Gasteiger partial charge in [0.25, 0.3) is 15.9 Å². The van der Waals surface area contributed by atoms with Crippen LogP contribution in [-0.4, -0.2) is 40.1 Å². The number of carbonyl (C=O) groups is 2. The molecule has 0 spiro atoms. The van der Waals surface area contributed by atoms with Gasteiger partial charge in [-0.05, 0) is 62.4 Å². The molecule has 1 amide bonds. The van der Waals surface area contributed by atoms with Crippen LogP contribution in [0.15, 0.2) is 77.7 Å². The van der Waals surface area contributed by atoms with Crippen molar-refractivity contribution < 1.29 is 32.2 Å². The van der Waals surface area contributed by atoms with Gasteiger partial charge in [-0.1, -0.05) is 18.2 Å². The third-order valence-corrected chi connectivity index (χ3v) is 6.21. The van der Waals surface area contributed by atoms with Crippen LogP contribution in [-0.2, 0) is 19.6 Å². The molecule has 184 valence electrons. The first-order valence-corrected chi connectivity index (χ1v) is 12.2. The summed E-state index contributed by atoms with van der Waals surface area (Å²) in [5.74, 6) is -0.319. The molecule has 3 aromatic rings. The minimum Gasteiger partial charge on any atom is -0.497 e. The first kappa shape index (κ1) is 25.6. The summed E-state index contributed by atoms with van der Waals surface area (Å²) in [6.07, 6.45) is -1.15. The van der Waals surface area contributed by atoms with Gasteiger partial charge in [0.1, 0.15) is 11.5 Å². The molecule has 0 aliphatic heterocycles. The molecular formula is C25H26N2O7S. The van der Waals surface area contributed by atoms with Gasteiger partial charge in [0, 0.05) is 11.8 Å². The van der Waals surface area contributed by atoms with E-state index in [1.54, 1.807) is 48.5 Å². The smallest absolute Gasteiger partial charge is 0.341 e. The number of benzene rings is 3. The number of sulfonamides is 1. The third-order valence-electron chi connectivity index (χ3n) is 4.83. The van der Waals surface area contributed by atoms with Gasteiger partial charge in [-0.3, -0.25) is 9.52 Å². The molecule has 0 saturated carbocycles. The van der Waals surface area contributed by atoms with E-state index >= 15 is 0 Å². The fraction of sp³-hybridized carbons (Fsp3) is 0.200. The van der Waals surface area contributed by atoms with Gasteiger partial charge in [0.15, 0.2) is 6.10 Å². The zero-order valence-corrected chi connectivity index (χ0v) is 20.3. The number of ether oxygens (including phenoxy) is 3. The van der Waals surface area contributed by atoms with Crippen LogP contribution in [0.3, 0.4) is 0 Å². The van der Waals surface area contributed by atoms with Crippen LogP contribution < -0.4 is 19.5 Å². The minimum absolute atomic E-state index is 0.00448. The third kappa shape index (κ3) is 6.73. The molecule has 1 unspecified atom stereocenters. The van der Waals surface area contributed by atoms with Crippen molar-refractivity contribution in [1.82, 2.24) is 0 Å². The van der Waals surface area contributed by atoms with Gasteiger partial charge < -0.3 is 19.5 Å². The lowest BCUT2D eigenvalue weighted by Crippen LogP contribution is -2.30. The van der Waals surface area contributed by atoms with E-state index in [1.807, 2.05) is 6.92 Å². The van der Waals surface area contributed by atoms with Crippen molar-refractivity contribution in [3.05, 3.63) is 78.4 Å². The summed E-state index contributed by atoms with van der Waals surface area (Å²) in [5, 5.41) is 2.64. The molecule has 0 bridgehead atoms. The van der Waals surface area contributed by atoms with Crippen molar-refractivity contribution in [2.75, 3.05) is 23.8 Å². The Bertz CT molecular complexity index is 1290. The van der Waals surface area contributed by atoms with Crippen molar-refractivity contribution in [3.63, 3.8) is 0 Å². The standard InChI is InChI=1S/C25H26N2O7S/c1-4-33-19-12-14-21(15-13-19)35(30,31)27-23-11-6-5-10-22(23)25(29)34-17(2)24(28)26-18-8-7-9-20(16-18)32-3/h5-17,27H,4H2,1-3H3,(H,26,28). The molecule has 35 heavy (non-hydrogen) atoms. The summed E-state index contributed by atoms with van der Waals surface area (Å²) in [7, 11) is -2.49. The number of rotatable bonds is 10. The molecule has 2 N–H and O–H groups in total. The summed E-state index contributed by atoms with van der Waals surface area (Å²) >= 11 is 0. The van der Waals surface area contributed by atoms with E-state index in [1.165, 1.54) is 38.3 Å².